The number of carbonyl (C=O) groups is 1. The molecule has 0 aliphatic rings. The summed E-state index contributed by atoms with van der Waals surface area (Å²) in [6.45, 7) is 9.44. The van der Waals surface area contributed by atoms with Crippen LogP contribution in [-0.2, 0) is 6.54 Å². The van der Waals surface area contributed by atoms with E-state index in [1.807, 2.05) is 41.3 Å². The Hall–Kier alpha value is -2.88. The van der Waals surface area contributed by atoms with Crippen molar-refractivity contribution in [2.24, 2.45) is 5.92 Å². The smallest absolute Gasteiger partial charge is 0.254 e. The van der Waals surface area contributed by atoms with Crippen molar-refractivity contribution in [1.82, 2.24) is 10.1 Å². The minimum atomic E-state index is 0.0142. The molecule has 2 aromatic carbocycles. The molecular formula is C23H26N2O2. The van der Waals surface area contributed by atoms with Gasteiger partial charge in [-0.05, 0) is 37.5 Å². The van der Waals surface area contributed by atoms with Gasteiger partial charge in [0.1, 0.15) is 5.69 Å². The van der Waals surface area contributed by atoms with E-state index in [1.54, 1.807) is 0 Å². The maximum absolute atomic E-state index is 12.9. The van der Waals surface area contributed by atoms with Crippen LogP contribution in [0.2, 0.25) is 0 Å². The summed E-state index contributed by atoms with van der Waals surface area (Å²) in [6.07, 6.45) is 0. The van der Waals surface area contributed by atoms with Gasteiger partial charge >= 0.3 is 0 Å². The number of aryl methyl sites for hydroxylation is 2. The average molecular weight is 362 g/mol. The average Bonchev–Trinajstić information content (AvgIpc) is 3.09. The molecule has 0 saturated carbocycles. The monoisotopic (exact) mass is 362 g/mol. The predicted molar refractivity (Wildman–Crippen MR) is 107 cm³/mol. The molecule has 0 aliphatic heterocycles. The fraction of sp³-hybridized carbons (Fsp3) is 0.304. The van der Waals surface area contributed by atoms with Crippen LogP contribution in [0.4, 0.5) is 0 Å². The van der Waals surface area contributed by atoms with E-state index in [0.717, 1.165) is 22.6 Å². The summed E-state index contributed by atoms with van der Waals surface area (Å²) in [5.41, 5.74) is 4.85. The van der Waals surface area contributed by atoms with Gasteiger partial charge in [0.15, 0.2) is 5.76 Å². The van der Waals surface area contributed by atoms with Crippen LogP contribution in [0.15, 0.2) is 59.1 Å². The number of rotatable bonds is 6. The molecule has 0 fully saturated rings. The van der Waals surface area contributed by atoms with E-state index in [1.165, 1.54) is 5.56 Å². The van der Waals surface area contributed by atoms with Gasteiger partial charge in [-0.15, -0.1) is 0 Å². The molecule has 0 aliphatic carbocycles. The third kappa shape index (κ3) is 4.64. The first-order valence-electron chi connectivity index (χ1n) is 9.31. The molecule has 1 aromatic heterocycles. The van der Waals surface area contributed by atoms with Crippen LogP contribution < -0.4 is 0 Å². The fourth-order valence-corrected chi connectivity index (χ4v) is 3.22. The lowest BCUT2D eigenvalue weighted by molar-refractivity contribution is 0.0719. The lowest BCUT2D eigenvalue weighted by Gasteiger charge is -2.23. The molecule has 4 nitrogen and oxygen atoms in total. The molecule has 3 aromatic rings. The first-order chi connectivity index (χ1) is 12.9. The molecular weight excluding hydrogens is 336 g/mol. The van der Waals surface area contributed by atoms with Crippen molar-refractivity contribution in [2.45, 2.75) is 34.2 Å². The Kier molecular flexibility index (Phi) is 5.75. The first-order valence-corrected chi connectivity index (χ1v) is 9.31. The molecule has 1 amide bonds. The second kappa shape index (κ2) is 8.21. The molecule has 0 atom stereocenters. The number of hydrogen-bond donors (Lipinski definition) is 0. The summed E-state index contributed by atoms with van der Waals surface area (Å²) in [7, 11) is 0. The minimum absolute atomic E-state index is 0.0142. The molecule has 4 heteroatoms. The standard InChI is InChI=1S/C23H26N2O2/c1-16(2)14-25(23(26)19-8-6-5-7-9-19)15-20-13-22(27-24-20)21-11-10-17(3)12-18(21)4/h5-13,16H,14-15H2,1-4H3. The summed E-state index contributed by atoms with van der Waals surface area (Å²) in [5, 5.41) is 4.21. The summed E-state index contributed by atoms with van der Waals surface area (Å²) < 4.78 is 5.57. The Labute approximate surface area is 160 Å². The van der Waals surface area contributed by atoms with Crippen LogP contribution >= 0.6 is 0 Å². The highest BCUT2D eigenvalue weighted by Gasteiger charge is 2.19. The molecule has 0 unspecified atom stereocenters. The lowest BCUT2D eigenvalue weighted by Crippen LogP contribution is -2.33. The van der Waals surface area contributed by atoms with Gasteiger partial charge < -0.3 is 9.42 Å². The van der Waals surface area contributed by atoms with E-state index < -0.39 is 0 Å². The second-order valence-corrected chi connectivity index (χ2v) is 7.45. The van der Waals surface area contributed by atoms with Crippen LogP contribution in [0, 0.1) is 19.8 Å². The molecule has 0 bridgehead atoms. The van der Waals surface area contributed by atoms with Gasteiger partial charge in [-0.1, -0.05) is 61.0 Å². The van der Waals surface area contributed by atoms with Crippen LogP contribution in [0.5, 0.6) is 0 Å². The van der Waals surface area contributed by atoms with E-state index >= 15 is 0 Å². The van der Waals surface area contributed by atoms with Crippen molar-refractivity contribution in [2.75, 3.05) is 6.54 Å². The molecule has 0 N–H and O–H groups in total. The molecule has 140 valence electrons. The fourth-order valence-electron chi connectivity index (χ4n) is 3.22. The molecule has 0 radical (unpaired) electrons. The Morgan fingerprint density at radius 3 is 2.48 bits per heavy atom. The Morgan fingerprint density at radius 2 is 1.81 bits per heavy atom. The van der Waals surface area contributed by atoms with Crippen molar-refractivity contribution in [3.8, 4) is 11.3 Å². The van der Waals surface area contributed by atoms with Crippen LogP contribution in [0.3, 0.4) is 0 Å². The third-order valence-corrected chi connectivity index (χ3v) is 4.45. The van der Waals surface area contributed by atoms with Gasteiger partial charge in [0.25, 0.3) is 5.91 Å². The molecule has 27 heavy (non-hydrogen) atoms. The predicted octanol–water partition coefficient (Wildman–Crippen LogP) is 5.26. The Balaban J connectivity index is 1.82. The van der Waals surface area contributed by atoms with Crippen molar-refractivity contribution >= 4 is 5.91 Å². The van der Waals surface area contributed by atoms with E-state index in [2.05, 4.69) is 51.1 Å². The van der Waals surface area contributed by atoms with E-state index in [9.17, 15) is 4.79 Å². The zero-order valence-corrected chi connectivity index (χ0v) is 16.4. The lowest BCUT2D eigenvalue weighted by atomic mass is 10.0. The van der Waals surface area contributed by atoms with Crippen LogP contribution in [0.25, 0.3) is 11.3 Å². The molecule has 1 heterocycles. The SMILES string of the molecule is Cc1ccc(-c2cc(CN(CC(C)C)C(=O)c3ccccc3)no2)c(C)c1. The highest BCUT2D eigenvalue weighted by molar-refractivity contribution is 5.94. The second-order valence-electron chi connectivity index (χ2n) is 7.45. The molecule has 0 saturated heterocycles. The number of aromatic nitrogens is 1. The summed E-state index contributed by atoms with van der Waals surface area (Å²) in [6, 6.07) is 17.6. The normalized spacial score (nSPS) is 11.0. The third-order valence-electron chi connectivity index (χ3n) is 4.45. The van der Waals surface area contributed by atoms with Crippen molar-refractivity contribution in [3.05, 3.63) is 77.0 Å². The zero-order valence-electron chi connectivity index (χ0n) is 16.4. The first kappa shape index (κ1) is 18.9. The van der Waals surface area contributed by atoms with Crippen LogP contribution in [0.1, 0.15) is 41.0 Å². The minimum Gasteiger partial charge on any atom is -0.356 e. The van der Waals surface area contributed by atoms with E-state index in [0.29, 0.717) is 24.6 Å². The van der Waals surface area contributed by atoms with Crippen molar-refractivity contribution in [3.63, 3.8) is 0 Å². The van der Waals surface area contributed by atoms with Crippen molar-refractivity contribution in [1.29, 1.82) is 0 Å². The zero-order chi connectivity index (χ0) is 19.4. The number of hydrogen-bond acceptors (Lipinski definition) is 3. The maximum atomic E-state index is 12.9. The number of benzene rings is 2. The van der Waals surface area contributed by atoms with Crippen molar-refractivity contribution < 1.29 is 9.32 Å². The molecule has 3 rings (SSSR count). The van der Waals surface area contributed by atoms with E-state index in [-0.39, 0.29) is 5.91 Å². The number of amides is 1. The molecule has 0 spiro atoms. The van der Waals surface area contributed by atoms with E-state index in [4.69, 9.17) is 4.52 Å². The number of carbonyl (C=O) groups excluding carboxylic acids is 1. The summed E-state index contributed by atoms with van der Waals surface area (Å²) in [5.74, 6) is 1.11. The van der Waals surface area contributed by atoms with Gasteiger partial charge in [-0.3, -0.25) is 4.79 Å². The van der Waals surface area contributed by atoms with Gasteiger partial charge in [-0.25, -0.2) is 0 Å². The Bertz CT molecular complexity index is 913. The van der Waals surface area contributed by atoms with Gasteiger partial charge in [0.05, 0.1) is 6.54 Å². The quantitative estimate of drug-likeness (QED) is 0.601. The van der Waals surface area contributed by atoms with Gasteiger partial charge in [0.2, 0.25) is 0 Å². The highest BCUT2D eigenvalue weighted by atomic mass is 16.5. The maximum Gasteiger partial charge on any atom is 0.254 e. The largest absolute Gasteiger partial charge is 0.356 e. The summed E-state index contributed by atoms with van der Waals surface area (Å²) >= 11 is 0. The van der Waals surface area contributed by atoms with Gasteiger partial charge in [-0.2, -0.15) is 0 Å². The van der Waals surface area contributed by atoms with Gasteiger partial charge in [0, 0.05) is 23.7 Å². The van der Waals surface area contributed by atoms with Crippen LogP contribution in [-0.4, -0.2) is 22.5 Å². The Morgan fingerprint density at radius 1 is 1.07 bits per heavy atom. The summed E-state index contributed by atoms with van der Waals surface area (Å²) in [4.78, 5) is 14.8. The highest BCUT2D eigenvalue weighted by Crippen LogP contribution is 2.25. The topological polar surface area (TPSA) is 46.3 Å². The number of nitrogens with zero attached hydrogens (tertiary/aromatic N) is 2.